The molecular weight excluding hydrogens is 158 g/mol. The van der Waals surface area contributed by atoms with E-state index in [1.54, 1.807) is 13.8 Å². The summed E-state index contributed by atoms with van der Waals surface area (Å²) in [5.74, 6) is -0.436. The molecule has 4 nitrogen and oxygen atoms in total. The molecule has 0 aliphatic rings. The average molecular weight is 173 g/mol. The predicted octanol–water partition coefficient (Wildman–Crippen LogP) is -0.186. The first-order chi connectivity index (χ1) is 5.57. The van der Waals surface area contributed by atoms with Crippen LogP contribution in [0.2, 0.25) is 0 Å². The summed E-state index contributed by atoms with van der Waals surface area (Å²) >= 11 is 0. The lowest BCUT2D eigenvalue weighted by molar-refractivity contribution is -0.137. The van der Waals surface area contributed by atoms with E-state index in [9.17, 15) is 4.79 Å². The van der Waals surface area contributed by atoms with E-state index >= 15 is 0 Å². The van der Waals surface area contributed by atoms with E-state index in [4.69, 9.17) is 10.8 Å². The van der Waals surface area contributed by atoms with Crippen molar-refractivity contribution in [1.29, 1.82) is 0 Å². The first-order valence-corrected chi connectivity index (χ1v) is 3.86. The monoisotopic (exact) mass is 173 g/mol. The van der Waals surface area contributed by atoms with E-state index in [1.165, 1.54) is 12.2 Å². The van der Waals surface area contributed by atoms with Crippen molar-refractivity contribution in [3.8, 4) is 0 Å². The van der Waals surface area contributed by atoms with E-state index in [1.807, 2.05) is 0 Å². The highest BCUT2D eigenvalue weighted by Gasteiger charge is 2.04. The Morgan fingerprint density at radius 1 is 1.75 bits per heavy atom. The second-order valence-electron chi connectivity index (χ2n) is 2.43. The zero-order valence-corrected chi connectivity index (χ0v) is 7.36. The third kappa shape index (κ3) is 4.87. The number of ether oxygens (including phenoxy) is 1. The molecule has 0 rings (SSSR count). The van der Waals surface area contributed by atoms with Gasteiger partial charge in [0.05, 0.1) is 12.7 Å². The standard InChI is InChI=1S/C8H15NO3/c1-3-12-8(11)5-4-7(9)6(2)10/h4-7,10H,3,9H2,1-2H3/b5-4+/t6-,7-/m0/s1. The molecule has 12 heavy (non-hydrogen) atoms. The summed E-state index contributed by atoms with van der Waals surface area (Å²) in [6.45, 7) is 3.62. The Bertz CT molecular complexity index is 166. The Hall–Kier alpha value is -0.870. The summed E-state index contributed by atoms with van der Waals surface area (Å²) in [5.41, 5.74) is 5.42. The third-order valence-electron chi connectivity index (χ3n) is 1.30. The Balaban J connectivity index is 3.81. The molecule has 0 bridgehead atoms. The number of hydrogen-bond acceptors (Lipinski definition) is 4. The van der Waals surface area contributed by atoms with Gasteiger partial charge in [0.15, 0.2) is 0 Å². The highest BCUT2D eigenvalue weighted by Crippen LogP contribution is 1.91. The molecule has 0 radical (unpaired) electrons. The Labute approximate surface area is 72.0 Å². The Morgan fingerprint density at radius 2 is 2.33 bits per heavy atom. The number of aliphatic hydroxyl groups is 1. The highest BCUT2D eigenvalue weighted by molar-refractivity contribution is 5.81. The molecule has 0 aliphatic carbocycles. The van der Waals surface area contributed by atoms with Crippen molar-refractivity contribution in [3.05, 3.63) is 12.2 Å². The van der Waals surface area contributed by atoms with Gasteiger partial charge in [0.2, 0.25) is 0 Å². The quantitative estimate of drug-likeness (QED) is 0.456. The third-order valence-corrected chi connectivity index (χ3v) is 1.30. The van der Waals surface area contributed by atoms with Crippen LogP contribution >= 0.6 is 0 Å². The largest absolute Gasteiger partial charge is 0.463 e. The second-order valence-corrected chi connectivity index (χ2v) is 2.43. The summed E-state index contributed by atoms with van der Waals surface area (Å²) in [7, 11) is 0. The van der Waals surface area contributed by atoms with E-state index in [2.05, 4.69) is 4.74 Å². The van der Waals surface area contributed by atoms with Crippen LogP contribution in [0.4, 0.5) is 0 Å². The maximum Gasteiger partial charge on any atom is 0.330 e. The number of carbonyl (C=O) groups is 1. The minimum absolute atomic E-state index is 0.340. The second kappa shape index (κ2) is 5.74. The smallest absolute Gasteiger partial charge is 0.330 e. The molecule has 2 atom stereocenters. The van der Waals surface area contributed by atoms with Gasteiger partial charge in [0.1, 0.15) is 0 Å². The molecule has 3 N–H and O–H groups in total. The maximum atomic E-state index is 10.7. The van der Waals surface area contributed by atoms with Crippen molar-refractivity contribution in [2.75, 3.05) is 6.61 Å². The van der Waals surface area contributed by atoms with Crippen LogP contribution in [0.25, 0.3) is 0 Å². The minimum atomic E-state index is -0.657. The van der Waals surface area contributed by atoms with Gasteiger partial charge in [-0.2, -0.15) is 0 Å². The predicted molar refractivity (Wildman–Crippen MR) is 45.4 cm³/mol. The zero-order valence-electron chi connectivity index (χ0n) is 7.36. The first kappa shape index (κ1) is 11.1. The summed E-state index contributed by atoms with van der Waals surface area (Å²) in [4.78, 5) is 10.7. The van der Waals surface area contributed by atoms with Crippen molar-refractivity contribution in [2.45, 2.75) is 26.0 Å². The molecule has 4 heteroatoms. The SMILES string of the molecule is CCOC(=O)/C=C/[C@H](N)[C@H](C)O. The number of esters is 1. The van der Waals surface area contributed by atoms with Crippen LogP contribution in [0.5, 0.6) is 0 Å². The van der Waals surface area contributed by atoms with Crippen LogP contribution in [-0.4, -0.2) is 29.8 Å². The van der Waals surface area contributed by atoms with E-state index in [0.29, 0.717) is 6.61 Å². The molecule has 0 aromatic rings. The van der Waals surface area contributed by atoms with Crippen molar-refractivity contribution in [1.82, 2.24) is 0 Å². The number of nitrogens with two attached hydrogens (primary N) is 1. The number of carbonyl (C=O) groups excluding carboxylic acids is 1. The van der Waals surface area contributed by atoms with Gasteiger partial charge in [-0.1, -0.05) is 6.08 Å². The van der Waals surface area contributed by atoms with Crippen LogP contribution in [0.15, 0.2) is 12.2 Å². The van der Waals surface area contributed by atoms with E-state index in [0.717, 1.165) is 0 Å². The molecular formula is C8H15NO3. The fraction of sp³-hybridized carbons (Fsp3) is 0.625. The average Bonchev–Trinajstić information content (AvgIpc) is 2.00. The van der Waals surface area contributed by atoms with Gasteiger partial charge in [0.25, 0.3) is 0 Å². The normalized spacial score (nSPS) is 16.0. The van der Waals surface area contributed by atoms with Gasteiger partial charge in [0, 0.05) is 12.1 Å². The Kier molecular flexibility index (Phi) is 5.32. The van der Waals surface area contributed by atoms with Gasteiger partial charge >= 0.3 is 5.97 Å². The maximum absolute atomic E-state index is 10.7. The summed E-state index contributed by atoms with van der Waals surface area (Å²) in [6, 6.07) is -0.519. The molecule has 0 fully saturated rings. The molecule has 0 spiro atoms. The summed E-state index contributed by atoms with van der Waals surface area (Å²) < 4.78 is 4.61. The summed E-state index contributed by atoms with van der Waals surface area (Å²) in [5, 5.41) is 8.94. The van der Waals surface area contributed by atoms with Crippen molar-refractivity contribution >= 4 is 5.97 Å². The van der Waals surface area contributed by atoms with Crippen molar-refractivity contribution in [2.24, 2.45) is 5.73 Å². The van der Waals surface area contributed by atoms with Crippen LogP contribution in [0.3, 0.4) is 0 Å². The molecule has 0 heterocycles. The minimum Gasteiger partial charge on any atom is -0.463 e. The molecule has 0 aromatic carbocycles. The van der Waals surface area contributed by atoms with Crippen LogP contribution in [0, 0.1) is 0 Å². The van der Waals surface area contributed by atoms with Crippen molar-refractivity contribution in [3.63, 3.8) is 0 Å². The van der Waals surface area contributed by atoms with Crippen LogP contribution < -0.4 is 5.73 Å². The van der Waals surface area contributed by atoms with Crippen LogP contribution in [0.1, 0.15) is 13.8 Å². The van der Waals surface area contributed by atoms with E-state index in [-0.39, 0.29) is 0 Å². The van der Waals surface area contributed by atoms with Gasteiger partial charge in [-0.25, -0.2) is 4.79 Å². The lowest BCUT2D eigenvalue weighted by Crippen LogP contribution is -2.30. The number of rotatable bonds is 4. The first-order valence-electron chi connectivity index (χ1n) is 3.86. The lowest BCUT2D eigenvalue weighted by atomic mass is 10.2. The molecule has 0 amide bonds. The fourth-order valence-corrected chi connectivity index (χ4v) is 0.541. The molecule has 0 aliphatic heterocycles. The number of aliphatic hydroxyl groups excluding tert-OH is 1. The lowest BCUT2D eigenvalue weighted by Gasteiger charge is -2.08. The van der Waals surface area contributed by atoms with Crippen LogP contribution in [-0.2, 0) is 9.53 Å². The van der Waals surface area contributed by atoms with Gasteiger partial charge in [-0.05, 0) is 13.8 Å². The summed E-state index contributed by atoms with van der Waals surface area (Å²) in [6.07, 6.45) is 1.99. The van der Waals surface area contributed by atoms with Crippen molar-refractivity contribution < 1.29 is 14.6 Å². The molecule has 0 saturated heterocycles. The van der Waals surface area contributed by atoms with Gasteiger partial charge < -0.3 is 15.6 Å². The molecule has 0 saturated carbocycles. The molecule has 70 valence electrons. The highest BCUT2D eigenvalue weighted by atomic mass is 16.5. The molecule has 0 unspecified atom stereocenters. The van der Waals surface area contributed by atoms with Gasteiger partial charge in [-0.3, -0.25) is 0 Å². The number of hydrogen-bond donors (Lipinski definition) is 2. The topological polar surface area (TPSA) is 72.5 Å². The fourth-order valence-electron chi connectivity index (χ4n) is 0.541. The van der Waals surface area contributed by atoms with E-state index < -0.39 is 18.1 Å². The molecule has 0 aromatic heterocycles. The zero-order chi connectivity index (χ0) is 9.56. The van der Waals surface area contributed by atoms with Gasteiger partial charge in [-0.15, -0.1) is 0 Å². The Morgan fingerprint density at radius 3 is 2.75 bits per heavy atom.